The van der Waals surface area contributed by atoms with Crippen LogP contribution < -0.4 is 0 Å². The Morgan fingerprint density at radius 3 is 2.71 bits per heavy atom. The van der Waals surface area contributed by atoms with Gasteiger partial charge in [0.15, 0.2) is 0 Å². The van der Waals surface area contributed by atoms with Crippen LogP contribution in [0, 0.1) is 5.92 Å². The molecule has 1 unspecified atom stereocenters. The summed E-state index contributed by atoms with van der Waals surface area (Å²) in [7, 11) is 0. The van der Waals surface area contributed by atoms with E-state index in [0.717, 1.165) is 6.42 Å². The van der Waals surface area contributed by atoms with Gasteiger partial charge in [0.05, 0.1) is 0 Å². The summed E-state index contributed by atoms with van der Waals surface area (Å²) in [5.41, 5.74) is 2.67. The molecule has 0 nitrogen and oxygen atoms in total. The highest BCUT2D eigenvalue weighted by Crippen LogP contribution is 2.23. The van der Waals surface area contributed by atoms with Crippen molar-refractivity contribution in [2.75, 3.05) is 0 Å². The summed E-state index contributed by atoms with van der Waals surface area (Å²) in [5.74, 6) is 0.678. The molecule has 0 fully saturated rings. The lowest BCUT2D eigenvalue weighted by atomic mass is 9.92. The predicted octanol–water partition coefficient (Wildman–Crippen LogP) is 5.61. The first-order valence-electron chi connectivity index (χ1n) is 6.55. The predicted molar refractivity (Wildman–Crippen MR) is 80.1 cm³/mol. The van der Waals surface area contributed by atoms with Crippen molar-refractivity contribution in [2.24, 2.45) is 5.92 Å². The molecule has 0 amide bonds. The van der Waals surface area contributed by atoms with Crippen LogP contribution in [0.5, 0.6) is 0 Å². The molecule has 0 aromatic rings. The van der Waals surface area contributed by atoms with Gasteiger partial charge in [-0.2, -0.15) is 0 Å². The maximum atomic E-state index is 4.06. The second kappa shape index (κ2) is 9.89. The minimum atomic E-state index is 0.678. The van der Waals surface area contributed by atoms with Gasteiger partial charge in [-0.1, -0.05) is 81.0 Å². The first kappa shape index (κ1) is 15.7. The molecule has 0 aliphatic heterocycles. The molecule has 0 aromatic heterocycles. The molecule has 1 rings (SSSR count). The van der Waals surface area contributed by atoms with Gasteiger partial charge in [-0.25, -0.2) is 0 Å². The molecule has 17 heavy (non-hydrogen) atoms. The largest absolute Gasteiger partial charge is 0.0955 e. The van der Waals surface area contributed by atoms with E-state index in [1.807, 2.05) is 39.0 Å². The van der Waals surface area contributed by atoms with Crippen molar-refractivity contribution in [3.05, 3.63) is 60.3 Å². The Hall–Kier alpha value is -1.30. The Bertz CT molecular complexity index is 324. The topological polar surface area (TPSA) is 0 Å². The molecule has 0 spiro atoms. The SMILES string of the molecule is C=C(/C=C\C=C/C)CC1=CC=CC(C)C1.CC. The summed E-state index contributed by atoms with van der Waals surface area (Å²) in [6.07, 6.45) is 17.0. The lowest BCUT2D eigenvalue weighted by Crippen LogP contribution is -1.97. The van der Waals surface area contributed by atoms with Gasteiger partial charge in [0, 0.05) is 0 Å². The van der Waals surface area contributed by atoms with Crippen LogP contribution in [0.1, 0.15) is 40.5 Å². The molecule has 1 atom stereocenters. The smallest absolute Gasteiger partial charge is 0.00696 e. The molecule has 0 saturated heterocycles. The van der Waals surface area contributed by atoms with E-state index in [2.05, 4.69) is 37.8 Å². The fourth-order valence-electron chi connectivity index (χ4n) is 1.72. The van der Waals surface area contributed by atoms with E-state index in [0.29, 0.717) is 5.92 Å². The standard InChI is InChI=1S/C15H20.C2H6/c1-4-5-6-8-13(2)11-15-10-7-9-14(3)12-15;1-2/h4-10,14H,2,11-12H2,1,3H3;1-2H3/b5-4-,8-6-;. The van der Waals surface area contributed by atoms with Crippen LogP contribution in [-0.2, 0) is 0 Å². The van der Waals surface area contributed by atoms with Crippen molar-refractivity contribution >= 4 is 0 Å². The van der Waals surface area contributed by atoms with Crippen molar-refractivity contribution < 1.29 is 0 Å². The van der Waals surface area contributed by atoms with Gasteiger partial charge >= 0.3 is 0 Å². The van der Waals surface area contributed by atoms with Gasteiger partial charge in [-0.15, -0.1) is 0 Å². The molecular formula is C17H26. The quantitative estimate of drug-likeness (QED) is 0.550. The number of hydrogen-bond donors (Lipinski definition) is 0. The normalized spacial score (nSPS) is 19.1. The number of allylic oxidation sites excluding steroid dienone is 9. The summed E-state index contributed by atoms with van der Waals surface area (Å²) in [6.45, 7) is 12.3. The van der Waals surface area contributed by atoms with Crippen LogP contribution in [0.15, 0.2) is 60.3 Å². The molecule has 1 aliphatic rings. The summed E-state index contributed by atoms with van der Waals surface area (Å²) in [6, 6.07) is 0. The van der Waals surface area contributed by atoms with Gasteiger partial charge in [0.1, 0.15) is 0 Å². The second-order valence-corrected chi connectivity index (χ2v) is 4.11. The van der Waals surface area contributed by atoms with E-state index in [9.17, 15) is 0 Å². The van der Waals surface area contributed by atoms with Crippen LogP contribution in [-0.4, -0.2) is 0 Å². The Kier molecular flexibility index (Phi) is 9.14. The Morgan fingerprint density at radius 2 is 2.12 bits per heavy atom. The Balaban J connectivity index is 0.00000121. The average Bonchev–Trinajstić information content (AvgIpc) is 2.32. The first-order valence-corrected chi connectivity index (χ1v) is 6.55. The zero-order valence-electron chi connectivity index (χ0n) is 11.7. The molecule has 94 valence electrons. The fourth-order valence-corrected chi connectivity index (χ4v) is 1.72. The lowest BCUT2D eigenvalue weighted by Gasteiger charge is -2.14. The highest BCUT2D eigenvalue weighted by Gasteiger charge is 2.06. The van der Waals surface area contributed by atoms with E-state index in [1.165, 1.54) is 17.6 Å². The molecule has 0 bridgehead atoms. The first-order chi connectivity index (χ1) is 8.22. The molecule has 0 N–H and O–H groups in total. The summed E-state index contributed by atoms with van der Waals surface area (Å²) >= 11 is 0. The minimum Gasteiger partial charge on any atom is -0.0955 e. The van der Waals surface area contributed by atoms with Crippen LogP contribution in [0.4, 0.5) is 0 Å². The molecule has 0 aromatic carbocycles. The van der Waals surface area contributed by atoms with Crippen molar-refractivity contribution in [3.8, 4) is 0 Å². The van der Waals surface area contributed by atoms with E-state index in [1.54, 1.807) is 0 Å². The van der Waals surface area contributed by atoms with Gasteiger partial charge < -0.3 is 0 Å². The van der Waals surface area contributed by atoms with E-state index < -0.39 is 0 Å². The van der Waals surface area contributed by atoms with Crippen molar-refractivity contribution in [1.82, 2.24) is 0 Å². The third-order valence-electron chi connectivity index (χ3n) is 2.45. The lowest BCUT2D eigenvalue weighted by molar-refractivity contribution is 0.694. The van der Waals surface area contributed by atoms with Crippen molar-refractivity contribution in [2.45, 2.75) is 40.5 Å². The van der Waals surface area contributed by atoms with E-state index in [-0.39, 0.29) is 0 Å². The van der Waals surface area contributed by atoms with Crippen LogP contribution in [0.25, 0.3) is 0 Å². The van der Waals surface area contributed by atoms with Gasteiger partial charge in [0.25, 0.3) is 0 Å². The number of hydrogen-bond acceptors (Lipinski definition) is 0. The van der Waals surface area contributed by atoms with E-state index in [4.69, 9.17) is 0 Å². The third-order valence-corrected chi connectivity index (χ3v) is 2.45. The zero-order chi connectivity index (χ0) is 13.1. The fraction of sp³-hybridized carbons (Fsp3) is 0.412. The summed E-state index contributed by atoms with van der Waals surface area (Å²) < 4.78 is 0. The van der Waals surface area contributed by atoms with Crippen molar-refractivity contribution in [1.29, 1.82) is 0 Å². The molecular weight excluding hydrogens is 204 g/mol. The summed E-state index contributed by atoms with van der Waals surface area (Å²) in [4.78, 5) is 0. The highest BCUT2D eigenvalue weighted by molar-refractivity contribution is 5.29. The second-order valence-electron chi connectivity index (χ2n) is 4.11. The summed E-state index contributed by atoms with van der Waals surface area (Å²) in [5, 5.41) is 0. The van der Waals surface area contributed by atoms with Gasteiger partial charge in [-0.05, 0) is 25.7 Å². The van der Waals surface area contributed by atoms with E-state index >= 15 is 0 Å². The van der Waals surface area contributed by atoms with Gasteiger partial charge in [-0.3, -0.25) is 0 Å². The maximum absolute atomic E-state index is 4.06. The monoisotopic (exact) mass is 230 g/mol. The molecule has 0 saturated carbocycles. The van der Waals surface area contributed by atoms with Gasteiger partial charge in [0.2, 0.25) is 0 Å². The minimum absolute atomic E-state index is 0.678. The third kappa shape index (κ3) is 7.57. The Labute approximate surface area is 107 Å². The Morgan fingerprint density at radius 1 is 1.41 bits per heavy atom. The molecule has 0 heterocycles. The maximum Gasteiger partial charge on any atom is -0.00696 e. The van der Waals surface area contributed by atoms with Crippen LogP contribution >= 0.6 is 0 Å². The average molecular weight is 230 g/mol. The molecule has 0 heteroatoms. The molecule has 1 aliphatic carbocycles. The van der Waals surface area contributed by atoms with Crippen molar-refractivity contribution in [3.63, 3.8) is 0 Å². The highest BCUT2D eigenvalue weighted by atomic mass is 14.1. The van der Waals surface area contributed by atoms with Crippen LogP contribution in [0.3, 0.4) is 0 Å². The number of rotatable bonds is 4. The van der Waals surface area contributed by atoms with Crippen LogP contribution in [0.2, 0.25) is 0 Å². The zero-order valence-corrected chi connectivity index (χ0v) is 11.7. The molecule has 0 radical (unpaired) electrons.